The predicted octanol–water partition coefficient (Wildman–Crippen LogP) is 10.3. The number of ketones is 1. The molecule has 65 heavy (non-hydrogen) atoms. The number of nitrogen functional groups attached to an aromatic ring is 1. The molecule has 4 aromatic carbocycles. The maximum Gasteiger partial charge on any atom is 0.699 e. The molecule has 0 saturated carbocycles. The zero-order chi connectivity index (χ0) is 46.5. The number of Topliss-reactive ketones (excluding diaryl/α,β-unsaturated/α-hetero) is 1. The van der Waals surface area contributed by atoms with E-state index in [9.17, 15) is 9.36 Å². The van der Waals surface area contributed by atoms with Crippen molar-refractivity contribution in [2.45, 2.75) is 128 Å². The minimum absolute atomic E-state index is 0.00823. The number of nitrogens with zero attached hydrogens (tertiary/aromatic N) is 3. The first-order valence-electron chi connectivity index (χ1n) is 22.6. The summed E-state index contributed by atoms with van der Waals surface area (Å²) in [6.07, 6.45) is 2.06. The fraction of sp³-hybridized carbons (Fsp3) is 0.431. The van der Waals surface area contributed by atoms with E-state index < -0.39 is 56.1 Å². The molecule has 0 amide bonds. The van der Waals surface area contributed by atoms with Crippen LogP contribution in [0.5, 0.6) is 11.5 Å². The highest BCUT2D eigenvalue weighted by atomic mass is 31.1. The Morgan fingerprint density at radius 1 is 0.815 bits per heavy atom. The average Bonchev–Trinajstić information content (AvgIpc) is 3.72. The molecule has 3 unspecified atom stereocenters. The molecule has 6 rings (SSSR count). The Bertz CT molecular complexity index is 2270. The van der Waals surface area contributed by atoms with Gasteiger partial charge in [-0.2, -0.15) is 4.98 Å². The smallest absolute Gasteiger partial charge is 0.497 e. The average molecular weight is 908 g/mol. The van der Waals surface area contributed by atoms with Crippen molar-refractivity contribution in [3.05, 3.63) is 154 Å². The summed E-state index contributed by atoms with van der Waals surface area (Å²) in [5, 5.41) is 0. The van der Waals surface area contributed by atoms with E-state index in [4.69, 9.17) is 33.7 Å². The lowest BCUT2D eigenvalue weighted by molar-refractivity contribution is -0.126. The van der Waals surface area contributed by atoms with Crippen molar-refractivity contribution in [1.82, 2.24) is 14.5 Å². The van der Waals surface area contributed by atoms with Crippen LogP contribution in [0.2, 0.25) is 0 Å². The first-order chi connectivity index (χ1) is 31.4. The van der Waals surface area contributed by atoms with Crippen LogP contribution in [-0.4, -0.2) is 71.1 Å². The van der Waals surface area contributed by atoms with E-state index >= 15 is 4.79 Å². The van der Waals surface area contributed by atoms with E-state index in [0.29, 0.717) is 40.2 Å². The summed E-state index contributed by atoms with van der Waals surface area (Å²) < 4.78 is 54.2. The summed E-state index contributed by atoms with van der Waals surface area (Å²) in [5.74, 6) is 0.855. The van der Waals surface area contributed by atoms with Gasteiger partial charge in [-0.25, -0.2) is 4.79 Å². The van der Waals surface area contributed by atoms with Gasteiger partial charge in [-0.15, -0.1) is 4.52 Å². The second-order valence-electron chi connectivity index (χ2n) is 16.9. The number of aromatic nitrogens is 2. The Balaban J connectivity index is 1.50. The van der Waals surface area contributed by atoms with Crippen LogP contribution < -0.4 is 20.9 Å². The van der Waals surface area contributed by atoms with Gasteiger partial charge >= 0.3 is 13.9 Å². The van der Waals surface area contributed by atoms with E-state index in [-0.39, 0.29) is 24.3 Å². The molecular weight excluding hydrogens is 844 g/mol. The monoisotopic (exact) mass is 907 g/mol. The molecule has 1 fully saturated rings. The molecule has 1 aromatic heterocycles. The molecule has 0 spiro atoms. The van der Waals surface area contributed by atoms with Gasteiger partial charge in [0.1, 0.15) is 41.4 Å². The van der Waals surface area contributed by atoms with Crippen LogP contribution in [0.25, 0.3) is 0 Å². The summed E-state index contributed by atoms with van der Waals surface area (Å²) >= 11 is 0. The van der Waals surface area contributed by atoms with Gasteiger partial charge in [0.15, 0.2) is 18.1 Å². The van der Waals surface area contributed by atoms with Crippen LogP contribution in [0.3, 0.4) is 0 Å². The molecule has 0 radical (unpaired) electrons. The normalized spacial score (nSPS) is 17.6. The fourth-order valence-electron chi connectivity index (χ4n) is 8.78. The second kappa shape index (κ2) is 23.3. The SMILES string of the molecule is CCCCCCCC(O[P+](=O)O[C@H]1C[C@H](n2ccc(N)nc2=O)O[C@@H]1C(OC(c1ccccc1)(c1ccc(OC)cc1)c1ccc(OC)cc1)C(=O)c1ccccc1)N(C(C)C)C(C)C. The number of nitrogens with two attached hydrogens (primary N) is 1. The Kier molecular flexibility index (Phi) is 17.6. The Labute approximate surface area is 384 Å². The van der Waals surface area contributed by atoms with E-state index in [1.54, 1.807) is 38.5 Å². The summed E-state index contributed by atoms with van der Waals surface area (Å²) in [7, 11) is 0.358. The maximum atomic E-state index is 15.4. The number of methoxy groups -OCH3 is 2. The van der Waals surface area contributed by atoms with Crippen LogP contribution in [0.1, 0.15) is 113 Å². The van der Waals surface area contributed by atoms with Gasteiger partial charge in [0, 0.05) is 34.8 Å². The number of benzene rings is 4. The highest BCUT2D eigenvalue weighted by Crippen LogP contribution is 2.47. The van der Waals surface area contributed by atoms with Crippen LogP contribution in [0.4, 0.5) is 5.82 Å². The molecule has 14 heteroatoms. The third-order valence-corrected chi connectivity index (χ3v) is 12.7. The summed E-state index contributed by atoms with van der Waals surface area (Å²) in [4.78, 5) is 35.0. The summed E-state index contributed by atoms with van der Waals surface area (Å²) in [5.41, 5.74) is 6.15. The van der Waals surface area contributed by atoms with Gasteiger partial charge in [0.05, 0.1) is 14.2 Å². The van der Waals surface area contributed by atoms with Crippen molar-refractivity contribution in [1.29, 1.82) is 0 Å². The number of carbonyl (C=O) groups is 1. The molecule has 13 nitrogen and oxygen atoms in total. The number of rotatable bonds is 24. The topological polar surface area (TPSA) is 154 Å². The van der Waals surface area contributed by atoms with Crippen molar-refractivity contribution in [3.8, 4) is 11.5 Å². The quantitative estimate of drug-likeness (QED) is 0.0206. The highest BCUT2D eigenvalue weighted by Gasteiger charge is 2.53. The number of hydrogen-bond acceptors (Lipinski definition) is 12. The fourth-order valence-corrected chi connectivity index (χ4v) is 9.67. The number of hydrogen-bond donors (Lipinski definition) is 1. The van der Waals surface area contributed by atoms with Crippen molar-refractivity contribution in [2.24, 2.45) is 0 Å². The molecule has 0 aliphatic carbocycles. The zero-order valence-electron chi connectivity index (χ0n) is 38.6. The largest absolute Gasteiger partial charge is 0.699 e. The first kappa shape index (κ1) is 49.2. The Hall–Kier alpha value is -5.27. The number of carbonyl (C=O) groups excluding carboxylic acids is 1. The molecule has 346 valence electrons. The van der Waals surface area contributed by atoms with Gasteiger partial charge in [-0.3, -0.25) is 14.3 Å². The number of ether oxygens (including phenoxy) is 4. The van der Waals surface area contributed by atoms with E-state index in [1.165, 1.54) is 16.8 Å². The van der Waals surface area contributed by atoms with Crippen molar-refractivity contribution in [3.63, 3.8) is 0 Å². The second-order valence-corrected chi connectivity index (χ2v) is 17.7. The molecule has 0 bridgehead atoms. The third-order valence-electron chi connectivity index (χ3n) is 11.9. The van der Waals surface area contributed by atoms with Crippen LogP contribution in [0, 0.1) is 0 Å². The van der Waals surface area contributed by atoms with Crippen molar-refractivity contribution in [2.75, 3.05) is 20.0 Å². The van der Waals surface area contributed by atoms with E-state index in [2.05, 4.69) is 44.5 Å². The van der Waals surface area contributed by atoms with Crippen LogP contribution in [-0.2, 0) is 28.7 Å². The molecule has 5 aromatic rings. The van der Waals surface area contributed by atoms with Crippen LogP contribution in [0.15, 0.2) is 126 Å². The minimum atomic E-state index is -2.83. The Morgan fingerprint density at radius 2 is 1.37 bits per heavy atom. The standard InChI is InChI=1S/C51H63N4O9P/c1-8-9-10-11-18-23-45(55(35(2)3)36(4)5)64-65(58)63-43-34-46(54-33-32-44(52)53-50(54)57)61-48(43)49(47(56)37-19-14-12-15-20-37)62-51(38-21-16-13-17-22-38,39-24-28-41(59-6)29-25-39)40-26-30-42(60-7)31-27-40/h12-17,19-22,24-33,35-36,43,45-46,48-49H,8-11,18,23,34H2,1-7H3,(H-,52,53,57)/p+1/t43-,45?,46+,48-,49?/m0/s1. The Morgan fingerprint density at radius 3 is 1.91 bits per heavy atom. The first-order valence-corrected chi connectivity index (χ1v) is 23.7. The molecule has 2 heterocycles. The predicted molar refractivity (Wildman–Crippen MR) is 252 cm³/mol. The lowest BCUT2D eigenvalue weighted by Gasteiger charge is -2.40. The minimum Gasteiger partial charge on any atom is -0.497 e. The maximum absolute atomic E-state index is 15.4. The van der Waals surface area contributed by atoms with Crippen molar-refractivity contribution < 1.29 is 37.4 Å². The number of anilines is 1. The van der Waals surface area contributed by atoms with Crippen LogP contribution >= 0.6 is 8.25 Å². The molecule has 1 aliphatic rings. The van der Waals surface area contributed by atoms with E-state index in [0.717, 1.165) is 32.1 Å². The summed E-state index contributed by atoms with van der Waals surface area (Å²) in [6.45, 7) is 10.5. The van der Waals surface area contributed by atoms with Gasteiger partial charge in [-0.1, -0.05) is 122 Å². The van der Waals surface area contributed by atoms with Gasteiger partial charge in [0.2, 0.25) is 0 Å². The molecule has 2 N–H and O–H groups in total. The van der Waals surface area contributed by atoms with Crippen molar-refractivity contribution >= 4 is 19.9 Å². The molecule has 1 aliphatic heterocycles. The lowest BCUT2D eigenvalue weighted by Crippen LogP contribution is -2.49. The lowest BCUT2D eigenvalue weighted by atomic mass is 9.79. The van der Waals surface area contributed by atoms with Gasteiger partial charge < -0.3 is 24.7 Å². The molecular formula is C51H64N4O9P+. The molecule has 6 atom stereocenters. The zero-order valence-corrected chi connectivity index (χ0v) is 39.5. The van der Waals surface area contributed by atoms with Gasteiger partial charge in [-0.05, 0) is 87.6 Å². The highest BCUT2D eigenvalue weighted by molar-refractivity contribution is 7.33. The summed E-state index contributed by atoms with van der Waals surface area (Å²) in [6, 6.07) is 35.0. The number of unbranched alkanes of at least 4 members (excludes halogenated alkanes) is 4. The third kappa shape index (κ3) is 12.0. The van der Waals surface area contributed by atoms with Gasteiger partial charge in [0.25, 0.3) is 0 Å². The van der Waals surface area contributed by atoms with E-state index in [1.807, 2.05) is 84.9 Å². The molecule has 1 saturated heterocycles.